The molecular formula is C36H23BrN2. The summed E-state index contributed by atoms with van der Waals surface area (Å²) in [6.07, 6.45) is 0. The lowest BCUT2D eigenvalue weighted by molar-refractivity contribution is 1.15. The number of halogens is 1. The van der Waals surface area contributed by atoms with Gasteiger partial charge >= 0.3 is 0 Å². The van der Waals surface area contributed by atoms with Crippen LogP contribution in [0.3, 0.4) is 0 Å². The van der Waals surface area contributed by atoms with Crippen LogP contribution in [-0.2, 0) is 0 Å². The SMILES string of the molecule is Brc1ccccc1-c1cccc(-n2c3ccccc3c3ccc4c5ccccc5n(-c5ccccc5)c4c32)c1. The number of rotatable bonds is 3. The lowest BCUT2D eigenvalue weighted by Crippen LogP contribution is -1.98. The van der Waals surface area contributed by atoms with Crippen LogP contribution in [0.25, 0.3) is 66.1 Å². The van der Waals surface area contributed by atoms with Gasteiger partial charge in [0.2, 0.25) is 0 Å². The fourth-order valence-electron chi connectivity index (χ4n) is 6.12. The van der Waals surface area contributed by atoms with Crippen molar-refractivity contribution in [2.75, 3.05) is 0 Å². The molecule has 0 N–H and O–H groups in total. The summed E-state index contributed by atoms with van der Waals surface area (Å²) in [6, 6.07) is 50.1. The van der Waals surface area contributed by atoms with Gasteiger partial charge in [-0.3, -0.25) is 0 Å². The van der Waals surface area contributed by atoms with E-state index in [9.17, 15) is 0 Å². The highest BCUT2D eigenvalue weighted by Gasteiger charge is 2.21. The number of hydrogen-bond donors (Lipinski definition) is 0. The second-order valence-electron chi connectivity index (χ2n) is 9.93. The molecule has 0 amide bonds. The van der Waals surface area contributed by atoms with Gasteiger partial charge in [0.1, 0.15) is 0 Å². The first kappa shape index (κ1) is 22.4. The molecule has 3 heteroatoms. The van der Waals surface area contributed by atoms with Crippen LogP contribution in [0.4, 0.5) is 0 Å². The quantitative estimate of drug-likeness (QED) is 0.202. The Kier molecular flexibility index (Phi) is 5.01. The van der Waals surface area contributed by atoms with Crippen LogP contribution in [0, 0.1) is 0 Å². The zero-order valence-electron chi connectivity index (χ0n) is 21.1. The minimum atomic E-state index is 1.09. The van der Waals surface area contributed by atoms with Gasteiger partial charge in [0, 0.05) is 37.4 Å². The molecule has 0 aliphatic carbocycles. The smallest absolute Gasteiger partial charge is 0.0788 e. The molecule has 0 unspecified atom stereocenters. The maximum absolute atomic E-state index is 3.76. The maximum atomic E-state index is 3.76. The van der Waals surface area contributed by atoms with Crippen molar-refractivity contribution in [2.24, 2.45) is 0 Å². The first-order valence-electron chi connectivity index (χ1n) is 13.2. The lowest BCUT2D eigenvalue weighted by Gasteiger charge is -2.14. The summed E-state index contributed by atoms with van der Waals surface area (Å²) in [5, 5.41) is 5.03. The fraction of sp³-hybridized carbons (Fsp3) is 0. The van der Waals surface area contributed by atoms with Crippen molar-refractivity contribution in [3.63, 3.8) is 0 Å². The summed E-state index contributed by atoms with van der Waals surface area (Å²) >= 11 is 3.76. The lowest BCUT2D eigenvalue weighted by atomic mass is 10.1. The molecule has 0 radical (unpaired) electrons. The van der Waals surface area contributed by atoms with E-state index in [4.69, 9.17) is 0 Å². The molecule has 2 heterocycles. The third-order valence-electron chi connectivity index (χ3n) is 7.77. The Morgan fingerprint density at radius 1 is 0.410 bits per heavy atom. The Morgan fingerprint density at radius 2 is 0.949 bits per heavy atom. The summed E-state index contributed by atoms with van der Waals surface area (Å²) in [7, 11) is 0. The minimum absolute atomic E-state index is 1.09. The Bertz CT molecular complexity index is 2180. The zero-order chi connectivity index (χ0) is 25.9. The zero-order valence-corrected chi connectivity index (χ0v) is 22.6. The van der Waals surface area contributed by atoms with Crippen molar-refractivity contribution < 1.29 is 0 Å². The van der Waals surface area contributed by atoms with Gasteiger partial charge < -0.3 is 9.13 Å². The predicted octanol–water partition coefficient (Wildman–Crippen LogP) is 10.3. The maximum Gasteiger partial charge on any atom is 0.0788 e. The van der Waals surface area contributed by atoms with Gasteiger partial charge in [0.25, 0.3) is 0 Å². The number of fused-ring (bicyclic) bond motifs is 7. The largest absolute Gasteiger partial charge is 0.307 e. The van der Waals surface area contributed by atoms with Crippen LogP contribution in [0.1, 0.15) is 0 Å². The van der Waals surface area contributed by atoms with Gasteiger partial charge in [-0.2, -0.15) is 0 Å². The number of aromatic nitrogens is 2. The molecule has 184 valence electrons. The average Bonchev–Trinajstić information content (AvgIpc) is 3.51. The normalized spacial score (nSPS) is 11.7. The third kappa shape index (κ3) is 3.33. The van der Waals surface area contributed by atoms with Gasteiger partial charge in [-0.1, -0.05) is 113 Å². The fourth-order valence-corrected chi connectivity index (χ4v) is 6.64. The summed E-state index contributed by atoms with van der Waals surface area (Å²) in [5.41, 5.74) is 9.53. The molecule has 0 saturated carbocycles. The number of benzene rings is 6. The first-order valence-corrected chi connectivity index (χ1v) is 13.9. The van der Waals surface area contributed by atoms with Crippen LogP contribution in [0.5, 0.6) is 0 Å². The molecule has 0 atom stereocenters. The predicted molar refractivity (Wildman–Crippen MR) is 168 cm³/mol. The number of hydrogen-bond acceptors (Lipinski definition) is 0. The topological polar surface area (TPSA) is 9.86 Å². The van der Waals surface area contributed by atoms with E-state index in [2.05, 4.69) is 165 Å². The Hall–Kier alpha value is -4.60. The highest BCUT2D eigenvalue weighted by molar-refractivity contribution is 9.10. The standard InChI is InChI=1S/C36H23BrN2/c37-32-18-7-4-15-27(32)24-11-10-14-26(23-24)39-34-20-9-6-17-29(34)31-22-21-30-28-16-5-8-19-33(28)38(35(30)36(31)39)25-12-2-1-3-13-25/h1-23H. The van der Waals surface area contributed by atoms with E-state index in [0.29, 0.717) is 0 Å². The van der Waals surface area contributed by atoms with Gasteiger partial charge in [0.05, 0.1) is 22.1 Å². The number of nitrogens with zero attached hydrogens (tertiary/aromatic N) is 2. The van der Waals surface area contributed by atoms with Crippen molar-refractivity contribution in [3.05, 3.63) is 144 Å². The van der Waals surface area contributed by atoms with Crippen molar-refractivity contribution in [1.82, 2.24) is 9.13 Å². The van der Waals surface area contributed by atoms with E-state index < -0.39 is 0 Å². The molecule has 0 saturated heterocycles. The van der Waals surface area contributed by atoms with E-state index >= 15 is 0 Å². The first-order chi connectivity index (χ1) is 19.3. The van der Waals surface area contributed by atoms with E-state index in [0.717, 1.165) is 15.8 Å². The molecular weight excluding hydrogens is 540 g/mol. The molecule has 0 aliphatic rings. The Labute approximate surface area is 234 Å². The third-order valence-corrected chi connectivity index (χ3v) is 8.46. The van der Waals surface area contributed by atoms with E-state index in [1.807, 2.05) is 0 Å². The van der Waals surface area contributed by atoms with Gasteiger partial charge in [-0.25, -0.2) is 0 Å². The van der Waals surface area contributed by atoms with Crippen LogP contribution < -0.4 is 0 Å². The number of para-hydroxylation sites is 3. The van der Waals surface area contributed by atoms with Crippen molar-refractivity contribution in [3.8, 4) is 22.5 Å². The van der Waals surface area contributed by atoms with Crippen LogP contribution in [0.2, 0.25) is 0 Å². The molecule has 2 aromatic heterocycles. The summed E-state index contributed by atoms with van der Waals surface area (Å²) < 4.78 is 5.97. The molecule has 8 aromatic rings. The Balaban J connectivity index is 1.57. The van der Waals surface area contributed by atoms with Crippen LogP contribution in [0.15, 0.2) is 144 Å². The molecule has 0 bridgehead atoms. The molecule has 0 fully saturated rings. The van der Waals surface area contributed by atoms with Crippen LogP contribution in [-0.4, -0.2) is 9.13 Å². The van der Waals surface area contributed by atoms with Crippen molar-refractivity contribution in [1.29, 1.82) is 0 Å². The second-order valence-corrected chi connectivity index (χ2v) is 10.8. The summed E-state index contributed by atoms with van der Waals surface area (Å²) in [5.74, 6) is 0. The molecule has 0 spiro atoms. The Morgan fingerprint density at radius 3 is 1.62 bits per heavy atom. The van der Waals surface area contributed by atoms with Gasteiger partial charge in [0.15, 0.2) is 0 Å². The van der Waals surface area contributed by atoms with Crippen molar-refractivity contribution >= 4 is 59.5 Å². The molecule has 39 heavy (non-hydrogen) atoms. The molecule has 8 rings (SSSR count). The highest BCUT2D eigenvalue weighted by Crippen LogP contribution is 2.42. The minimum Gasteiger partial charge on any atom is -0.307 e. The van der Waals surface area contributed by atoms with Gasteiger partial charge in [-0.05, 0) is 53.6 Å². The van der Waals surface area contributed by atoms with Gasteiger partial charge in [-0.15, -0.1) is 0 Å². The molecule has 6 aromatic carbocycles. The monoisotopic (exact) mass is 562 g/mol. The summed E-state index contributed by atoms with van der Waals surface area (Å²) in [4.78, 5) is 0. The highest BCUT2D eigenvalue weighted by atomic mass is 79.9. The average molecular weight is 563 g/mol. The summed E-state index contributed by atoms with van der Waals surface area (Å²) in [6.45, 7) is 0. The van der Waals surface area contributed by atoms with Crippen molar-refractivity contribution in [2.45, 2.75) is 0 Å². The molecule has 2 nitrogen and oxygen atoms in total. The molecule has 0 aliphatic heterocycles. The second kappa shape index (κ2) is 8.72. The van der Waals surface area contributed by atoms with E-state index in [1.165, 1.54) is 54.7 Å². The van der Waals surface area contributed by atoms with E-state index in [-0.39, 0.29) is 0 Å². The van der Waals surface area contributed by atoms with Crippen LogP contribution >= 0.6 is 15.9 Å². The van der Waals surface area contributed by atoms with E-state index in [1.54, 1.807) is 0 Å².